The number of methoxy groups -OCH3 is 1. The Kier molecular flexibility index (Phi) is 4.05. The number of hydrogen-bond acceptors (Lipinski definition) is 4. The molecule has 0 heterocycles. The average molecular weight is 241 g/mol. The zero-order chi connectivity index (χ0) is 12.3. The van der Waals surface area contributed by atoms with Crippen molar-refractivity contribution in [3.8, 4) is 0 Å². The van der Waals surface area contributed by atoms with Crippen molar-refractivity contribution < 1.29 is 14.3 Å². The molecule has 1 unspecified atom stereocenters. The van der Waals surface area contributed by atoms with Gasteiger partial charge in [0.1, 0.15) is 5.54 Å². The summed E-state index contributed by atoms with van der Waals surface area (Å²) in [5.41, 5.74) is -0.584. The van der Waals surface area contributed by atoms with Crippen LogP contribution in [-0.2, 0) is 14.3 Å². The molecule has 2 aliphatic rings. The van der Waals surface area contributed by atoms with E-state index in [1.54, 1.807) is 0 Å². The number of rotatable bonds is 7. The Bertz CT molecular complexity index is 274. The lowest BCUT2D eigenvalue weighted by Crippen LogP contribution is -2.52. The Morgan fingerprint density at radius 1 is 1.35 bits per heavy atom. The molecule has 2 rings (SSSR count). The summed E-state index contributed by atoms with van der Waals surface area (Å²) in [7, 11) is 1.45. The van der Waals surface area contributed by atoms with Crippen LogP contribution < -0.4 is 5.32 Å². The molecule has 2 fully saturated rings. The fourth-order valence-electron chi connectivity index (χ4n) is 2.10. The SMILES string of the molecule is COC(=O)C(C)(CCOC1CCC1)NC1CC1. The highest BCUT2D eigenvalue weighted by atomic mass is 16.5. The van der Waals surface area contributed by atoms with Gasteiger partial charge in [0.2, 0.25) is 0 Å². The lowest BCUT2D eigenvalue weighted by atomic mass is 9.95. The van der Waals surface area contributed by atoms with E-state index in [0.29, 0.717) is 25.2 Å². The molecule has 4 nitrogen and oxygen atoms in total. The standard InChI is InChI=1S/C13H23NO3/c1-13(12(15)16-2,14-10-6-7-10)8-9-17-11-4-3-5-11/h10-11,14H,3-9H2,1-2H3. The first-order chi connectivity index (χ1) is 8.14. The van der Waals surface area contributed by atoms with Crippen LogP contribution in [0.1, 0.15) is 45.4 Å². The van der Waals surface area contributed by atoms with Gasteiger partial charge in [0, 0.05) is 12.6 Å². The van der Waals surface area contributed by atoms with Crippen LogP contribution in [0.4, 0.5) is 0 Å². The summed E-state index contributed by atoms with van der Waals surface area (Å²) in [6.07, 6.45) is 7.06. The third-order valence-electron chi connectivity index (χ3n) is 3.74. The van der Waals surface area contributed by atoms with E-state index in [0.717, 1.165) is 12.8 Å². The minimum Gasteiger partial charge on any atom is -0.468 e. The van der Waals surface area contributed by atoms with Gasteiger partial charge in [-0.1, -0.05) is 0 Å². The van der Waals surface area contributed by atoms with Crippen molar-refractivity contribution in [3.63, 3.8) is 0 Å². The van der Waals surface area contributed by atoms with E-state index < -0.39 is 5.54 Å². The van der Waals surface area contributed by atoms with Crippen LogP contribution in [0, 0.1) is 0 Å². The van der Waals surface area contributed by atoms with Crippen LogP contribution >= 0.6 is 0 Å². The molecule has 0 aromatic rings. The van der Waals surface area contributed by atoms with Crippen LogP contribution in [0.25, 0.3) is 0 Å². The average Bonchev–Trinajstić information content (AvgIpc) is 3.04. The van der Waals surface area contributed by atoms with Crippen molar-refractivity contribution in [1.29, 1.82) is 0 Å². The van der Waals surface area contributed by atoms with Gasteiger partial charge in [0.05, 0.1) is 13.2 Å². The van der Waals surface area contributed by atoms with E-state index in [9.17, 15) is 4.79 Å². The van der Waals surface area contributed by atoms with Crippen LogP contribution in [-0.4, -0.2) is 37.4 Å². The summed E-state index contributed by atoms with van der Waals surface area (Å²) in [5.74, 6) is -0.179. The highest BCUT2D eigenvalue weighted by Crippen LogP contribution is 2.26. The van der Waals surface area contributed by atoms with Gasteiger partial charge in [-0.2, -0.15) is 0 Å². The predicted molar refractivity (Wildman–Crippen MR) is 64.8 cm³/mol. The third-order valence-corrected chi connectivity index (χ3v) is 3.74. The number of nitrogens with one attached hydrogen (secondary N) is 1. The largest absolute Gasteiger partial charge is 0.468 e. The van der Waals surface area contributed by atoms with E-state index in [1.807, 2.05) is 6.92 Å². The van der Waals surface area contributed by atoms with Gasteiger partial charge in [-0.25, -0.2) is 0 Å². The summed E-state index contributed by atoms with van der Waals surface area (Å²) in [4.78, 5) is 11.8. The summed E-state index contributed by atoms with van der Waals surface area (Å²) < 4.78 is 10.6. The quantitative estimate of drug-likeness (QED) is 0.688. The smallest absolute Gasteiger partial charge is 0.325 e. The van der Waals surface area contributed by atoms with Gasteiger partial charge < -0.3 is 9.47 Å². The molecule has 0 aromatic heterocycles. The number of hydrogen-bond donors (Lipinski definition) is 1. The van der Waals surface area contributed by atoms with E-state index in [-0.39, 0.29) is 5.97 Å². The van der Waals surface area contributed by atoms with Gasteiger partial charge in [0.25, 0.3) is 0 Å². The molecular weight excluding hydrogens is 218 g/mol. The zero-order valence-corrected chi connectivity index (χ0v) is 10.8. The lowest BCUT2D eigenvalue weighted by Gasteiger charge is -2.31. The second kappa shape index (κ2) is 5.36. The van der Waals surface area contributed by atoms with Gasteiger partial charge in [0.15, 0.2) is 0 Å². The summed E-state index contributed by atoms with van der Waals surface area (Å²) in [5, 5.41) is 3.37. The second-order valence-corrected chi connectivity index (χ2v) is 5.42. The van der Waals surface area contributed by atoms with Crippen molar-refractivity contribution in [2.24, 2.45) is 0 Å². The molecule has 2 saturated carbocycles. The molecule has 0 spiro atoms. The fraction of sp³-hybridized carbons (Fsp3) is 0.923. The molecule has 0 radical (unpaired) electrons. The Labute approximate surface area is 103 Å². The molecule has 1 atom stereocenters. The summed E-state index contributed by atoms with van der Waals surface area (Å²) in [6, 6.07) is 0.489. The second-order valence-electron chi connectivity index (χ2n) is 5.42. The van der Waals surface area contributed by atoms with Gasteiger partial charge >= 0.3 is 5.97 Å². The third kappa shape index (κ3) is 3.42. The number of ether oxygens (including phenoxy) is 2. The highest BCUT2D eigenvalue weighted by molar-refractivity contribution is 5.80. The van der Waals surface area contributed by atoms with E-state index >= 15 is 0 Å². The van der Waals surface area contributed by atoms with Gasteiger partial charge in [-0.05, 0) is 45.4 Å². The maximum Gasteiger partial charge on any atom is 0.325 e. The van der Waals surface area contributed by atoms with Crippen LogP contribution in [0.2, 0.25) is 0 Å². The first-order valence-corrected chi connectivity index (χ1v) is 6.62. The van der Waals surface area contributed by atoms with Crippen LogP contribution in [0.3, 0.4) is 0 Å². The first kappa shape index (κ1) is 12.8. The number of carbonyl (C=O) groups is 1. The molecule has 0 aromatic carbocycles. The fourth-order valence-corrected chi connectivity index (χ4v) is 2.10. The Balaban J connectivity index is 1.78. The first-order valence-electron chi connectivity index (χ1n) is 6.62. The molecule has 2 aliphatic carbocycles. The lowest BCUT2D eigenvalue weighted by molar-refractivity contribution is -0.149. The molecule has 0 bridgehead atoms. The van der Waals surface area contributed by atoms with Crippen LogP contribution in [0.15, 0.2) is 0 Å². The monoisotopic (exact) mass is 241 g/mol. The highest BCUT2D eigenvalue weighted by Gasteiger charge is 2.39. The molecule has 0 saturated heterocycles. The minimum atomic E-state index is -0.584. The summed E-state index contributed by atoms with van der Waals surface area (Å²) >= 11 is 0. The summed E-state index contributed by atoms with van der Waals surface area (Å²) in [6.45, 7) is 2.55. The molecule has 1 N–H and O–H groups in total. The number of esters is 1. The van der Waals surface area contributed by atoms with Crippen molar-refractivity contribution in [1.82, 2.24) is 5.32 Å². The van der Waals surface area contributed by atoms with Crippen molar-refractivity contribution in [2.45, 2.75) is 63.1 Å². The Morgan fingerprint density at radius 2 is 2.06 bits per heavy atom. The van der Waals surface area contributed by atoms with Gasteiger partial charge in [-0.15, -0.1) is 0 Å². The minimum absolute atomic E-state index is 0.179. The molecule has 0 amide bonds. The molecule has 4 heteroatoms. The number of carbonyl (C=O) groups excluding carboxylic acids is 1. The van der Waals surface area contributed by atoms with Crippen molar-refractivity contribution in [2.75, 3.05) is 13.7 Å². The van der Waals surface area contributed by atoms with E-state index in [2.05, 4.69) is 5.32 Å². The van der Waals surface area contributed by atoms with E-state index in [1.165, 1.54) is 26.4 Å². The maximum absolute atomic E-state index is 11.8. The van der Waals surface area contributed by atoms with Crippen molar-refractivity contribution in [3.05, 3.63) is 0 Å². The molecule has 0 aliphatic heterocycles. The molecular formula is C13H23NO3. The Hall–Kier alpha value is -0.610. The topological polar surface area (TPSA) is 47.6 Å². The predicted octanol–water partition coefficient (Wildman–Crippen LogP) is 1.63. The van der Waals surface area contributed by atoms with E-state index in [4.69, 9.17) is 9.47 Å². The molecule has 98 valence electrons. The zero-order valence-electron chi connectivity index (χ0n) is 10.8. The van der Waals surface area contributed by atoms with Crippen LogP contribution in [0.5, 0.6) is 0 Å². The molecule has 17 heavy (non-hydrogen) atoms. The normalized spacial score (nSPS) is 23.9. The van der Waals surface area contributed by atoms with Gasteiger partial charge in [-0.3, -0.25) is 10.1 Å². The van der Waals surface area contributed by atoms with Crippen molar-refractivity contribution >= 4 is 5.97 Å². The Morgan fingerprint density at radius 3 is 2.53 bits per heavy atom. The maximum atomic E-state index is 11.8.